The average Bonchev–Trinajstić information content (AvgIpc) is 2.34. The number of hydrogen-bond donors (Lipinski definition) is 2. The highest BCUT2D eigenvalue weighted by Gasteiger charge is 1.93. The van der Waals surface area contributed by atoms with Gasteiger partial charge in [-0.2, -0.15) is 0 Å². The molecule has 0 saturated heterocycles. The predicted molar refractivity (Wildman–Crippen MR) is 75.0 cm³/mol. The van der Waals surface area contributed by atoms with Crippen molar-refractivity contribution in [2.24, 2.45) is 0 Å². The van der Waals surface area contributed by atoms with E-state index in [4.69, 9.17) is 23.2 Å². The third-order valence-electron chi connectivity index (χ3n) is 2.27. The molecular weight excluding hydrogens is 255 g/mol. The highest BCUT2D eigenvalue weighted by Crippen LogP contribution is 2.15. The van der Waals surface area contributed by atoms with Crippen LogP contribution in [-0.2, 0) is 0 Å². The minimum atomic E-state index is 0.642. The minimum Gasteiger partial charge on any atom is -0.368 e. The maximum Gasteiger partial charge on any atom is 0.0849 e. The van der Waals surface area contributed by atoms with Gasteiger partial charge in [-0.05, 0) is 48.5 Å². The van der Waals surface area contributed by atoms with Crippen LogP contribution in [-0.4, -0.2) is 6.67 Å². The lowest BCUT2D eigenvalue weighted by atomic mass is 10.3. The van der Waals surface area contributed by atoms with Gasteiger partial charge in [0.1, 0.15) is 0 Å². The first-order chi connectivity index (χ1) is 8.24. The molecule has 0 aromatic heterocycles. The van der Waals surface area contributed by atoms with Crippen LogP contribution in [0.15, 0.2) is 48.5 Å². The molecule has 2 nitrogen and oxygen atoms in total. The molecule has 0 atom stereocenters. The van der Waals surface area contributed by atoms with Gasteiger partial charge >= 0.3 is 0 Å². The van der Waals surface area contributed by atoms with E-state index in [1.165, 1.54) is 0 Å². The second-order valence-electron chi connectivity index (χ2n) is 3.54. The monoisotopic (exact) mass is 266 g/mol. The second-order valence-corrected chi connectivity index (χ2v) is 4.42. The number of anilines is 2. The van der Waals surface area contributed by atoms with E-state index >= 15 is 0 Å². The topological polar surface area (TPSA) is 24.1 Å². The summed E-state index contributed by atoms with van der Waals surface area (Å²) in [7, 11) is 0. The Morgan fingerprint density at radius 1 is 0.647 bits per heavy atom. The van der Waals surface area contributed by atoms with Gasteiger partial charge in [-0.3, -0.25) is 0 Å². The van der Waals surface area contributed by atoms with Crippen molar-refractivity contribution in [1.82, 2.24) is 0 Å². The number of nitrogens with one attached hydrogen (secondary N) is 2. The highest BCUT2D eigenvalue weighted by atomic mass is 35.5. The van der Waals surface area contributed by atoms with Gasteiger partial charge < -0.3 is 10.6 Å². The summed E-state index contributed by atoms with van der Waals surface area (Å²) in [5, 5.41) is 7.94. The van der Waals surface area contributed by atoms with Crippen molar-refractivity contribution in [3.63, 3.8) is 0 Å². The zero-order valence-corrected chi connectivity index (χ0v) is 10.6. The fraction of sp³-hybridized carbons (Fsp3) is 0.0769. The lowest BCUT2D eigenvalue weighted by Gasteiger charge is -2.09. The molecule has 0 radical (unpaired) electrons. The van der Waals surface area contributed by atoms with Gasteiger partial charge in [-0.1, -0.05) is 23.2 Å². The van der Waals surface area contributed by atoms with E-state index in [1.54, 1.807) is 0 Å². The van der Waals surface area contributed by atoms with E-state index in [-0.39, 0.29) is 0 Å². The third-order valence-corrected chi connectivity index (χ3v) is 2.78. The van der Waals surface area contributed by atoms with Crippen LogP contribution in [0.25, 0.3) is 0 Å². The molecule has 0 unspecified atom stereocenters. The smallest absolute Gasteiger partial charge is 0.0849 e. The van der Waals surface area contributed by atoms with Crippen LogP contribution >= 0.6 is 23.2 Å². The van der Waals surface area contributed by atoms with E-state index in [0.717, 1.165) is 21.4 Å². The second kappa shape index (κ2) is 5.80. The molecule has 2 aromatic carbocycles. The Bertz CT molecular complexity index is 420. The van der Waals surface area contributed by atoms with E-state index in [1.807, 2.05) is 48.5 Å². The molecule has 2 aromatic rings. The minimum absolute atomic E-state index is 0.642. The molecule has 0 fully saturated rings. The molecule has 2 rings (SSSR count). The number of benzene rings is 2. The van der Waals surface area contributed by atoms with Crippen LogP contribution in [0.3, 0.4) is 0 Å². The van der Waals surface area contributed by atoms with Gasteiger partial charge in [0.2, 0.25) is 0 Å². The summed E-state index contributed by atoms with van der Waals surface area (Å²) in [6.07, 6.45) is 0. The molecule has 0 saturated carbocycles. The summed E-state index contributed by atoms with van der Waals surface area (Å²) in [5.41, 5.74) is 2.05. The van der Waals surface area contributed by atoms with Crippen molar-refractivity contribution in [2.45, 2.75) is 0 Å². The van der Waals surface area contributed by atoms with Crippen LogP contribution in [0, 0.1) is 0 Å². The van der Waals surface area contributed by atoms with Gasteiger partial charge in [-0.25, -0.2) is 0 Å². The fourth-order valence-electron chi connectivity index (χ4n) is 1.38. The van der Waals surface area contributed by atoms with Crippen LogP contribution in [0.5, 0.6) is 0 Å². The van der Waals surface area contributed by atoms with E-state index < -0.39 is 0 Å². The largest absolute Gasteiger partial charge is 0.368 e. The average molecular weight is 267 g/mol. The van der Waals surface area contributed by atoms with Gasteiger partial charge in [0.25, 0.3) is 0 Å². The quantitative estimate of drug-likeness (QED) is 0.798. The molecule has 0 aliphatic heterocycles. The molecule has 17 heavy (non-hydrogen) atoms. The summed E-state index contributed by atoms with van der Waals surface area (Å²) < 4.78 is 0. The van der Waals surface area contributed by atoms with E-state index in [9.17, 15) is 0 Å². The lowest BCUT2D eigenvalue weighted by Crippen LogP contribution is -2.11. The van der Waals surface area contributed by atoms with Crippen LogP contribution in [0.4, 0.5) is 11.4 Å². The molecule has 0 heterocycles. The Hall–Kier alpha value is -1.38. The Balaban J connectivity index is 1.83. The molecule has 2 N–H and O–H groups in total. The number of hydrogen-bond acceptors (Lipinski definition) is 2. The Morgan fingerprint density at radius 2 is 1.00 bits per heavy atom. The molecule has 88 valence electrons. The van der Waals surface area contributed by atoms with Gasteiger partial charge in [0.05, 0.1) is 6.67 Å². The van der Waals surface area contributed by atoms with Gasteiger partial charge in [0.15, 0.2) is 0 Å². The summed E-state index contributed by atoms with van der Waals surface area (Å²) in [6, 6.07) is 15.2. The first kappa shape index (κ1) is 12.1. The molecule has 0 aliphatic carbocycles. The molecule has 0 spiro atoms. The van der Waals surface area contributed by atoms with Crippen molar-refractivity contribution >= 4 is 34.6 Å². The predicted octanol–water partition coefficient (Wildman–Crippen LogP) is 4.47. The standard InChI is InChI=1S/C13H12Cl2N2/c14-10-1-5-12(6-2-10)16-9-17-13-7-3-11(15)4-8-13/h1-8,16-17H,9H2. The van der Waals surface area contributed by atoms with Crippen LogP contribution in [0.1, 0.15) is 0 Å². The van der Waals surface area contributed by atoms with E-state index in [0.29, 0.717) is 6.67 Å². The summed E-state index contributed by atoms with van der Waals surface area (Å²) in [4.78, 5) is 0. The lowest BCUT2D eigenvalue weighted by molar-refractivity contribution is 1.22. The van der Waals surface area contributed by atoms with Crippen LogP contribution < -0.4 is 10.6 Å². The van der Waals surface area contributed by atoms with Crippen molar-refractivity contribution in [3.8, 4) is 0 Å². The van der Waals surface area contributed by atoms with E-state index in [2.05, 4.69) is 10.6 Å². The Morgan fingerprint density at radius 3 is 1.35 bits per heavy atom. The summed E-state index contributed by atoms with van der Waals surface area (Å²) >= 11 is 11.6. The fourth-order valence-corrected chi connectivity index (χ4v) is 1.64. The number of rotatable bonds is 4. The zero-order valence-electron chi connectivity index (χ0n) is 9.08. The normalized spacial score (nSPS) is 10.0. The molecule has 0 aliphatic rings. The van der Waals surface area contributed by atoms with Crippen molar-refractivity contribution in [1.29, 1.82) is 0 Å². The van der Waals surface area contributed by atoms with Crippen molar-refractivity contribution in [3.05, 3.63) is 58.6 Å². The van der Waals surface area contributed by atoms with Crippen molar-refractivity contribution in [2.75, 3.05) is 17.3 Å². The molecule has 0 bridgehead atoms. The maximum absolute atomic E-state index is 5.80. The van der Waals surface area contributed by atoms with Gasteiger partial charge in [0, 0.05) is 21.4 Å². The first-order valence-electron chi connectivity index (χ1n) is 5.23. The Labute approximate surface area is 111 Å². The number of halogens is 2. The molecule has 0 amide bonds. The molecule has 4 heteroatoms. The third kappa shape index (κ3) is 3.84. The maximum atomic E-state index is 5.80. The zero-order chi connectivity index (χ0) is 12.1. The highest BCUT2D eigenvalue weighted by molar-refractivity contribution is 6.30. The SMILES string of the molecule is Clc1ccc(NCNc2ccc(Cl)cc2)cc1. The summed E-state index contributed by atoms with van der Waals surface area (Å²) in [5.74, 6) is 0. The van der Waals surface area contributed by atoms with Gasteiger partial charge in [-0.15, -0.1) is 0 Å². The van der Waals surface area contributed by atoms with Crippen molar-refractivity contribution < 1.29 is 0 Å². The first-order valence-corrected chi connectivity index (χ1v) is 5.98. The molecular formula is C13H12Cl2N2. The summed E-state index contributed by atoms with van der Waals surface area (Å²) in [6.45, 7) is 0.642. The Kier molecular flexibility index (Phi) is 4.13. The van der Waals surface area contributed by atoms with Crippen LogP contribution in [0.2, 0.25) is 10.0 Å².